The molecule has 1 spiro atoms. The largest absolute Gasteiger partial charge is 0.494 e. The molecule has 1 aromatic heterocycles. The first kappa shape index (κ1) is 20.8. The Morgan fingerprint density at radius 1 is 1.22 bits per heavy atom. The molecule has 1 saturated heterocycles. The van der Waals surface area contributed by atoms with Gasteiger partial charge in [-0.25, -0.2) is 4.79 Å². The number of carbonyl (C=O) groups is 1. The molecule has 0 aliphatic carbocycles. The van der Waals surface area contributed by atoms with Crippen LogP contribution in [0.5, 0.6) is 5.75 Å². The van der Waals surface area contributed by atoms with Crippen LogP contribution in [0, 0.1) is 0 Å². The number of H-pyrrole nitrogens is 1. The summed E-state index contributed by atoms with van der Waals surface area (Å²) in [5, 5.41) is 8.72. The van der Waals surface area contributed by atoms with Gasteiger partial charge in [-0.1, -0.05) is 24.3 Å². The average Bonchev–Trinajstić information content (AvgIpc) is 3.43. The van der Waals surface area contributed by atoms with Gasteiger partial charge in [0.25, 0.3) is 0 Å². The summed E-state index contributed by atoms with van der Waals surface area (Å²) >= 11 is 0. The molecule has 2 unspecified atom stereocenters. The van der Waals surface area contributed by atoms with Crippen LogP contribution in [0.15, 0.2) is 54.6 Å². The lowest BCUT2D eigenvalue weighted by Gasteiger charge is -2.39. The van der Waals surface area contributed by atoms with Crippen LogP contribution in [0.4, 0.5) is 0 Å². The van der Waals surface area contributed by atoms with E-state index in [0.717, 1.165) is 49.2 Å². The van der Waals surface area contributed by atoms with Crippen molar-refractivity contribution in [3.8, 4) is 5.75 Å². The van der Waals surface area contributed by atoms with Crippen molar-refractivity contribution in [1.82, 2.24) is 15.6 Å². The van der Waals surface area contributed by atoms with Crippen LogP contribution in [0.3, 0.4) is 0 Å². The fourth-order valence-corrected chi connectivity index (χ4v) is 5.02. The van der Waals surface area contributed by atoms with Crippen molar-refractivity contribution >= 4 is 22.9 Å². The Bertz CT molecular complexity index is 1130. The van der Waals surface area contributed by atoms with Crippen molar-refractivity contribution in [2.75, 3.05) is 26.8 Å². The summed E-state index contributed by atoms with van der Waals surface area (Å²) in [7, 11) is 1.39. The number of fused-ring (bicyclic) bond motifs is 4. The number of hydrogen-bond acceptors (Lipinski definition) is 5. The summed E-state index contributed by atoms with van der Waals surface area (Å²) in [5.41, 5.74) is 4.73. The number of ether oxygens (including phenoxy) is 2. The van der Waals surface area contributed by atoms with Crippen LogP contribution >= 0.6 is 0 Å². The molecule has 3 aromatic rings. The maximum Gasteiger partial charge on any atom is 0.330 e. The normalized spacial score (nSPS) is 22.5. The van der Waals surface area contributed by atoms with Crippen molar-refractivity contribution < 1.29 is 14.3 Å². The van der Waals surface area contributed by atoms with Crippen LogP contribution in [-0.4, -0.2) is 43.8 Å². The summed E-state index contributed by atoms with van der Waals surface area (Å²) in [6, 6.07) is 16.6. The maximum atomic E-state index is 11.5. The number of para-hydroxylation sites is 1. The van der Waals surface area contributed by atoms with Crippen LogP contribution in [-0.2, 0) is 21.5 Å². The minimum Gasteiger partial charge on any atom is -0.494 e. The first-order chi connectivity index (χ1) is 15.7. The lowest BCUT2D eigenvalue weighted by atomic mass is 9.82. The zero-order valence-electron chi connectivity index (χ0n) is 18.3. The molecular weight excluding hydrogens is 402 g/mol. The number of carbonyl (C=O) groups excluding carboxylic acids is 1. The molecule has 2 aromatic carbocycles. The Balaban J connectivity index is 1.42. The fraction of sp³-hybridized carbons (Fsp3) is 0.346. The highest BCUT2D eigenvalue weighted by molar-refractivity contribution is 5.90. The van der Waals surface area contributed by atoms with E-state index in [0.29, 0.717) is 12.6 Å². The van der Waals surface area contributed by atoms with E-state index in [-0.39, 0.29) is 11.5 Å². The van der Waals surface area contributed by atoms with Crippen molar-refractivity contribution in [1.29, 1.82) is 0 Å². The van der Waals surface area contributed by atoms with Gasteiger partial charge in [0, 0.05) is 35.3 Å². The fourth-order valence-electron chi connectivity index (χ4n) is 5.02. The molecule has 2 aliphatic heterocycles. The van der Waals surface area contributed by atoms with E-state index in [4.69, 9.17) is 9.47 Å². The lowest BCUT2D eigenvalue weighted by molar-refractivity contribution is -0.134. The molecule has 0 saturated carbocycles. The van der Waals surface area contributed by atoms with Gasteiger partial charge in [0.05, 0.1) is 19.3 Å². The van der Waals surface area contributed by atoms with Crippen molar-refractivity contribution in [2.24, 2.45) is 0 Å². The number of methoxy groups -OCH3 is 1. The molecule has 2 aliphatic rings. The van der Waals surface area contributed by atoms with E-state index in [1.807, 2.05) is 42.5 Å². The quantitative estimate of drug-likeness (QED) is 0.411. The lowest BCUT2D eigenvalue weighted by Crippen LogP contribution is -2.54. The molecule has 2 atom stereocenters. The molecule has 6 nitrogen and oxygen atoms in total. The first-order valence-corrected chi connectivity index (χ1v) is 11.2. The minimum absolute atomic E-state index is 0.0773. The van der Waals surface area contributed by atoms with Gasteiger partial charge >= 0.3 is 5.97 Å². The molecule has 0 bridgehead atoms. The third-order valence-corrected chi connectivity index (χ3v) is 6.59. The Hall–Kier alpha value is -3.09. The molecule has 0 amide bonds. The number of aromatic amines is 1. The van der Waals surface area contributed by atoms with Crippen LogP contribution in [0.2, 0.25) is 0 Å². The Kier molecular flexibility index (Phi) is 5.72. The molecule has 166 valence electrons. The van der Waals surface area contributed by atoms with Gasteiger partial charge in [-0.2, -0.15) is 0 Å². The number of aromatic nitrogens is 1. The zero-order valence-corrected chi connectivity index (χ0v) is 18.3. The molecule has 3 heterocycles. The van der Waals surface area contributed by atoms with E-state index >= 15 is 0 Å². The van der Waals surface area contributed by atoms with Gasteiger partial charge < -0.3 is 25.1 Å². The van der Waals surface area contributed by atoms with E-state index < -0.39 is 0 Å². The molecule has 6 heteroatoms. The average molecular weight is 432 g/mol. The van der Waals surface area contributed by atoms with Crippen LogP contribution in [0.25, 0.3) is 17.0 Å². The van der Waals surface area contributed by atoms with Crippen molar-refractivity contribution in [3.05, 3.63) is 71.4 Å². The molecule has 5 rings (SSSR count). The topological polar surface area (TPSA) is 75.4 Å². The van der Waals surface area contributed by atoms with Gasteiger partial charge in [0.1, 0.15) is 5.75 Å². The van der Waals surface area contributed by atoms with Gasteiger partial charge in [-0.15, -0.1) is 0 Å². The second-order valence-corrected chi connectivity index (χ2v) is 8.64. The van der Waals surface area contributed by atoms with E-state index in [1.165, 1.54) is 29.8 Å². The van der Waals surface area contributed by atoms with E-state index in [9.17, 15) is 4.79 Å². The molecule has 32 heavy (non-hydrogen) atoms. The summed E-state index contributed by atoms with van der Waals surface area (Å²) < 4.78 is 10.7. The van der Waals surface area contributed by atoms with Gasteiger partial charge in [-0.3, -0.25) is 0 Å². The van der Waals surface area contributed by atoms with E-state index in [2.05, 4.69) is 27.8 Å². The number of hydrogen-bond donors (Lipinski definition) is 3. The van der Waals surface area contributed by atoms with Gasteiger partial charge in [0.2, 0.25) is 0 Å². The molecule has 1 fully saturated rings. The van der Waals surface area contributed by atoms with Crippen molar-refractivity contribution in [2.45, 2.75) is 30.8 Å². The minimum atomic E-state index is -0.347. The predicted octanol–water partition coefficient (Wildman–Crippen LogP) is 3.53. The third-order valence-electron chi connectivity index (χ3n) is 6.59. The maximum absolute atomic E-state index is 11.5. The van der Waals surface area contributed by atoms with Crippen LogP contribution < -0.4 is 15.4 Å². The first-order valence-electron chi connectivity index (χ1n) is 11.2. The zero-order chi connectivity index (χ0) is 22.0. The van der Waals surface area contributed by atoms with E-state index in [1.54, 1.807) is 0 Å². The van der Waals surface area contributed by atoms with Gasteiger partial charge in [-0.05, 0) is 67.3 Å². The number of benzene rings is 2. The summed E-state index contributed by atoms with van der Waals surface area (Å²) in [4.78, 5) is 15.2. The summed E-state index contributed by atoms with van der Waals surface area (Å²) in [6.07, 6.45) is 6.21. The van der Waals surface area contributed by atoms with Gasteiger partial charge in [0.15, 0.2) is 0 Å². The Morgan fingerprint density at radius 3 is 2.88 bits per heavy atom. The highest BCUT2D eigenvalue weighted by atomic mass is 16.5. The highest BCUT2D eigenvalue weighted by Gasteiger charge is 2.43. The molecule has 3 N–H and O–H groups in total. The predicted molar refractivity (Wildman–Crippen MR) is 126 cm³/mol. The smallest absolute Gasteiger partial charge is 0.330 e. The highest BCUT2D eigenvalue weighted by Crippen LogP contribution is 2.39. The number of esters is 1. The molecular formula is C26H29N3O3. The van der Waals surface area contributed by atoms with Crippen LogP contribution in [0.1, 0.15) is 29.7 Å². The Morgan fingerprint density at radius 2 is 2.09 bits per heavy atom. The number of rotatable bonds is 6. The number of nitrogens with one attached hydrogen (secondary N) is 3. The summed E-state index contributed by atoms with van der Waals surface area (Å²) in [5.74, 6) is 0.565. The third kappa shape index (κ3) is 4.04. The Labute approximate surface area is 188 Å². The second kappa shape index (κ2) is 8.81. The monoisotopic (exact) mass is 431 g/mol. The van der Waals surface area contributed by atoms with Crippen molar-refractivity contribution in [3.63, 3.8) is 0 Å². The molecule has 0 radical (unpaired) electrons. The summed E-state index contributed by atoms with van der Waals surface area (Å²) in [6.45, 7) is 2.59. The second-order valence-electron chi connectivity index (χ2n) is 8.64. The SMILES string of the molecule is COC(=O)C=Cc1ccc2[nH]c3c(c2c1)CC(CCOc1ccccc1)NC31CCNC1. The standard InChI is InChI=1S/C26H29N3O3/c1-31-24(30)10-8-18-7-9-23-21(15-18)22-16-19(11-14-32-20-5-3-2-4-6-20)29-26(25(22)28-23)12-13-27-17-26/h2-10,15,19,27-29H,11-14,16-17H2,1H3.